The van der Waals surface area contributed by atoms with E-state index in [1.54, 1.807) is 10.9 Å². The first-order chi connectivity index (χ1) is 7.65. The van der Waals surface area contributed by atoms with Crippen LogP contribution in [0.15, 0.2) is 10.7 Å². The molecule has 1 saturated heterocycles. The van der Waals surface area contributed by atoms with Crippen molar-refractivity contribution in [3.05, 3.63) is 16.4 Å². The normalized spacial score (nSPS) is 18.2. The van der Waals surface area contributed by atoms with Crippen LogP contribution >= 0.6 is 15.9 Å². The summed E-state index contributed by atoms with van der Waals surface area (Å²) >= 11 is 3.40. The number of ketones is 1. The van der Waals surface area contributed by atoms with Gasteiger partial charge in [-0.2, -0.15) is 5.10 Å². The second-order valence-corrected chi connectivity index (χ2v) is 5.08. The predicted octanol–water partition coefficient (Wildman–Crippen LogP) is 1.70. The van der Waals surface area contributed by atoms with Gasteiger partial charge in [0, 0.05) is 12.5 Å². The molecule has 2 rings (SSSR count). The third-order valence-electron chi connectivity index (χ3n) is 3.26. The molecule has 1 unspecified atom stereocenters. The first-order valence-corrected chi connectivity index (χ1v) is 6.40. The molecule has 1 N–H and O–H groups in total. The summed E-state index contributed by atoms with van der Waals surface area (Å²) in [5, 5.41) is 7.37. The number of hydrogen-bond donors (Lipinski definition) is 1. The van der Waals surface area contributed by atoms with Crippen LogP contribution in [0.3, 0.4) is 0 Å². The SMILES string of the molecule is CCn1ncc(Br)c1C(=O)C(C)C1CNC1. The van der Waals surface area contributed by atoms with Crippen LogP contribution in [-0.2, 0) is 6.54 Å². The molecule has 5 heteroatoms. The van der Waals surface area contributed by atoms with Gasteiger partial charge in [-0.3, -0.25) is 9.48 Å². The molecule has 0 spiro atoms. The predicted molar refractivity (Wildman–Crippen MR) is 65.5 cm³/mol. The number of carbonyl (C=O) groups is 1. The van der Waals surface area contributed by atoms with Crippen molar-refractivity contribution in [2.24, 2.45) is 11.8 Å². The van der Waals surface area contributed by atoms with Gasteiger partial charge in [0.1, 0.15) is 5.69 Å². The van der Waals surface area contributed by atoms with Crippen LogP contribution in [0.4, 0.5) is 0 Å². The average Bonchev–Trinajstić information content (AvgIpc) is 2.55. The minimum absolute atomic E-state index is 0.0690. The maximum Gasteiger partial charge on any atom is 0.185 e. The minimum atomic E-state index is 0.0690. The monoisotopic (exact) mass is 285 g/mol. The number of nitrogens with one attached hydrogen (secondary N) is 1. The van der Waals surface area contributed by atoms with Crippen LogP contribution in [-0.4, -0.2) is 28.7 Å². The first kappa shape index (κ1) is 11.8. The van der Waals surface area contributed by atoms with Gasteiger partial charge in [-0.1, -0.05) is 6.92 Å². The zero-order chi connectivity index (χ0) is 11.7. The molecule has 1 atom stereocenters. The lowest BCUT2D eigenvalue weighted by atomic mass is 9.85. The van der Waals surface area contributed by atoms with Crippen molar-refractivity contribution in [2.45, 2.75) is 20.4 Å². The molecule has 1 aromatic heterocycles. The van der Waals surface area contributed by atoms with Crippen molar-refractivity contribution in [3.8, 4) is 0 Å². The van der Waals surface area contributed by atoms with Crippen molar-refractivity contribution < 1.29 is 4.79 Å². The van der Waals surface area contributed by atoms with E-state index in [9.17, 15) is 4.79 Å². The maximum absolute atomic E-state index is 12.3. The largest absolute Gasteiger partial charge is 0.316 e. The summed E-state index contributed by atoms with van der Waals surface area (Å²) in [5.41, 5.74) is 0.710. The van der Waals surface area contributed by atoms with Gasteiger partial charge in [0.15, 0.2) is 5.78 Å². The van der Waals surface area contributed by atoms with Gasteiger partial charge in [-0.15, -0.1) is 0 Å². The molecule has 2 heterocycles. The van der Waals surface area contributed by atoms with Crippen LogP contribution in [0.2, 0.25) is 0 Å². The molecule has 0 amide bonds. The molecule has 4 nitrogen and oxygen atoms in total. The summed E-state index contributed by atoms with van der Waals surface area (Å²) in [7, 11) is 0. The molecule has 0 radical (unpaired) electrons. The highest BCUT2D eigenvalue weighted by Gasteiger charge is 2.31. The lowest BCUT2D eigenvalue weighted by Crippen LogP contribution is -2.47. The molecule has 88 valence electrons. The van der Waals surface area contributed by atoms with E-state index in [1.165, 1.54) is 0 Å². The van der Waals surface area contributed by atoms with Crippen LogP contribution in [0, 0.1) is 11.8 Å². The maximum atomic E-state index is 12.3. The average molecular weight is 286 g/mol. The van der Waals surface area contributed by atoms with E-state index < -0.39 is 0 Å². The standard InChI is InChI=1S/C11H16BrN3O/c1-3-15-10(9(12)6-14-15)11(16)7(2)8-4-13-5-8/h6-8,13H,3-5H2,1-2H3. The third kappa shape index (κ3) is 1.94. The van der Waals surface area contributed by atoms with Gasteiger partial charge in [0.05, 0.1) is 10.7 Å². The Morgan fingerprint density at radius 2 is 2.44 bits per heavy atom. The molecular formula is C11H16BrN3O. The van der Waals surface area contributed by atoms with Gasteiger partial charge < -0.3 is 5.32 Å². The fraction of sp³-hybridized carbons (Fsp3) is 0.636. The van der Waals surface area contributed by atoms with Gasteiger partial charge >= 0.3 is 0 Å². The summed E-state index contributed by atoms with van der Waals surface area (Å²) in [6.07, 6.45) is 1.70. The topological polar surface area (TPSA) is 46.9 Å². The Bertz CT molecular complexity index is 398. The number of nitrogens with zero attached hydrogens (tertiary/aromatic N) is 2. The summed E-state index contributed by atoms with van der Waals surface area (Å²) in [6, 6.07) is 0. The van der Waals surface area contributed by atoms with Gasteiger partial charge in [0.25, 0.3) is 0 Å². The second-order valence-electron chi connectivity index (χ2n) is 4.23. The van der Waals surface area contributed by atoms with E-state index in [0.717, 1.165) is 24.1 Å². The number of aromatic nitrogens is 2. The summed E-state index contributed by atoms with van der Waals surface area (Å²) in [5.74, 6) is 0.733. The molecule has 1 aromatic rings. The molecular weight excluding hydrogens is 270 g/mol. The van der Waals surface area contributed by atoms with E-state index in [0.29, 0.717) is 11.6 Å². The third-order valence-corrected chi connectivity index (χ3v) is 3.84. The molecule has 0 saturated carbocycles. The highest BCUT2D eigenvalue weighted by Crippen LogP contribution is 2.25. The fourth-order valence-electron chi connectivity index (χ4n) is 1.94. The van der Waals surface area contributed by atoms with Crippen molar-refractivity contribution >= 4 is 21.7 Å². The quantitative estimate of drug-likeness (QED) is 0.857. The lowest BCUT2D eigenvalue weighted by Gasteiger charge is -2.31. The van der Waals surface area contributed by atoms with Crippen LogP contribution < -0.4 is 5.32 Å². The van der Waals surface area contributed by atoms with E-state index in [1.807, 2.05) is 13.8 Å². The number of hydrogen-bond acceptors (Lipinski definition) is 3. The molecule has 1 fully saturated rings. The van der Waals surface area contributed by atoms with Crippen LogP contribution in [0.1, 0.15) is 24.3 Å². The molecule has 0 aromatic carbocycles. The molecule has 16 heavy (non-hydrogen) atoms. The Morgan fingerprint density at radius 1 is 1.75 bits per heavy atom. The number of halogens is 1. The molecule has 0 bridgehead atoms. The van der Waals surface area contributed by atoms with Crippen molar-refractivity contribution in [2.75, 3.05) is 13.1 Å². The van der Waals surface area contributed by atoms with Gasteiger partial charge in [0.2, 0.25) is 0 Å². The van der Waals surface area contributed by atoms with Gasteiger partial charge in [-0.05, 0) is 41.9 Å². The Kier molecular flexibility index (Phi) is 3.44. The lowest BCUT2D eigenvalue weighted by molar-refractivity contribution is 0.0842. The Balaban J connectivity index is 2.21. The van der Waals surface area contributed by atoms with Crippen LogP contribution in [0.5, 0.6) is 0 Å². The number of rotatable bonds is 4. The van der Waals surface area contributed by atoms with Gasteiger partial charge in [-0.25, -0.2) is 0 Å². The number of Topliss-reactive ketones (excluding diaryl/α,β-unsaturated/α-hetero) is 1. The molecule has 1 aliphatic heterocycles. The zero-order valence-electron chi connectivity index (χ0n) is 9.53. The second kappa shape index (κ2) is 4.67. The Morgan fingerprint density at radius 3 is 2.94 bits per heavy atom. The zero-order valence-corrected chi connectivity index (χ0v) is 11.1. The first-order valence-electron chi connectivity index (χ1n) is 5.61. The Hall–Kier alpha value is -0.680. The Labute approximate surface area is 104 Å². The summed E-state index contributed by atoms with van der Waals surface area (Å²) in [6.45, 7) is 6.62. The van der Waals surface area contributed by atoms with E-state index in [2.05, 4.69) is 26.3 Å². The highest BCUT2D eigenvalue weighted by molar-refractivity contribution is 9.10. The summed E-state index contributed by atoms with van der Waals surface area (Å²) < 4.78 is 2.56. The minimum Gasteiger partial charge on any atom is -0.316 e. The van der Waals surface area contributed by atoms with Crippen molar-refractivity contribution in [1.29, 1.82) is 0 Å². The molecule has 0 aliphatic carbocycles. The number of aryl methyl sites for hydroxylation is 1. The van der Waals surface area contributed by atoms with Crippen molar-refractivity contribution in [3.63, 3.8) is 0 Å². The van der Waals surface area contributed by atoms with E-state index in [4.69, 9.17) is 0 Å². The fourth-order valence-corrected chi connectivity index (χ4v) is 2.43. The van der Waals surface area contributed by atoms with Crippen molar-refractivity contribution in [1.82, 2.24) is 15.1 Å². The van der Waals surface area contributed by atoms with Crippen LogP contribution in [0.25, 0.3) is 0 Å². The number of carbonyl (C=O) groups excluding carboxylic acids is 1. The summed E-state index contributed by atoms with van der Waals surface area (Å²) in [4.78, 5) is 12.3. The molecule has 1 aliphatic rings. The smallest absolute Gasteiger partial charge is 0.185 e. The highest BCUT2D eigenvalue weighted by atomic mass is 79.9. The van der Waals surface area contributed by atoms with E-state index >= 15 is 0 Å². The van der Waals surface area contributed by atoms with E-state index in [-0.39, 0.29) is 11.7 Å².